The molecular formula is C14H20O4. The number of rotatable bonds is 6. The number of hydrogen-bond acceptors (Lipinski definition) is 4. The summed E-state index contributed by atoms with van der Waals surface area (Å²) in [5.74, 6) is -2.84. The van der Waals surface area contributed by atoms with E-state index in [1.54, 1.807) is 26.0 Å². The fourth-order valence-electron chi connectivity index (χ4n) is 2.03. The Labute approximate surface area is 108 Å². The third kappa shape index (κ3) is 3.72. The Kier molecular flexibility index (Phi) is 4.70. The van der Waals surface area contributed by atoms with E-state index in [4.69, 9.17) is 9.47 Å². The second kappa shape index (κ2) is 5.85. The lowest BCUT2D eigenvalue weighted by molar-refractivity contribution is -0.240. The third-order valence-corrected chi connectivity index (χ3v) is 2.83. The first-order chi connectivity index (χ1) is 8.39. The van der Waals surface area contributed by atoms with Crippen LogP contribution in [0.15, 0.2) is 25.3 Å². The highest BCUT2D eigenvalue weighted by molar-refractivity contribution is 5.96. The molecule has 0 radical (unpaired) electrons. The average molecular weight is 252 g/mol. The number of esters is 2. The molecule has 18 heavy (non-hydrogen) atoms. The molecule has 0 spiro atoms. The van der Waals surface area contributed by atoms with E-state index in [1.807, 2.05) is 0 Å². The molecule has 0 N–H and O–H groups in total. The maximum absolute atomic E-state index is 11.8. The maximum Gasteiger partial charge on any atom is 0.323 e. The second-order valence-electron chi connectivity index (χ2n) is 4.95. The molecule has 0 bridgehead atoms. The molecule has 1 heterocycles. The van der Waals surface area contributed by atoms with E-state index in [9.17, 15) is 9.59 Å². The summed E-state index contributed by atoms with van der Waals surface area (Å²) in [4.78, 5) is 23.6. The first kappa shape index (κ1) is 14.5. The lowest BCUT2D eigenvalue weighted by Gasteiger charge is -2.33. The van der Waals surface area contributed by atoms with Crippen molar-refractivity contribution in [1.29, 1.82) is 0 Å². The monoisotopic (exact) mass is 252 g/mol. The van der Waals surface area contributed by atoms with Gasteiger partial charge in [0.15, 0.2) is 5.92 Å². The fraction of sp³-hybridized carbons (Fsp3) is 0.571. The Hall–Kier alpha value is -1.58. The van der Waals surface area contributed by atoms with Crippen molar-refractivity contribution < 1.29 is 19.1 Å². The normalized spacial score (nSPS) is 19.3. The molecule has 4 nitrogen and oxygen atoms in total. The summed E-state index contributed by atoms with van der Waals surface area (Å²) in [6, 6.07) is 0. The predicted octanol–water partition coefficient (Wildman–Crippen LogP) is 2.60. The highest BCUT2D eigenvalue weighted by Gasteiger charge is 2.43. The zero-order valence-corrected chi connectivity index (χ0v) is 11.0. The Balaban J connectivity index is 2.70. The smallest absolute Gasteiger partial charge is 0.323 e. The molecule has 1 saturated heterocycles. The van der Waals surface area contributed by atoms with Crippen LogP contribution >= 0.6 is 0 Å². The molecule has 1 fully saturated rings. The van der Waals surface area contributed by atoms with E-state index in [-0.39, 0.29) is 5.92 Å². The molecule has 0 aromatic heterocycles. The Bertz CT molecular complexity index is 327. The zero-order valence-electron chi connectivity index (χ0n) is 11.0. The molecule has 0 aromatic rings. The van der Waals surface area contributed by atoms with E-state index in [1.165, 1.54) is 0 Å². The largest absolute Gasteiger partial charge is 0.422 e. The van der Waals surface area contributed by atoms with Gasteiger partial charge in [-0.2, -0.15) is 0 Å². The van der Waals surface area contributed by atoms with Crippen LogP contribution in [0.3, 0.4) is 0 Å². The summed E-state index contributed by atoms with van der Waals surface area (Å²) in [6.45, 7) is 10.4. The standard InChI is InChI=1S/C14H20O4/c1-5-7-10(8-6-2)9-11-12(15)17-14(3,4)18-13(11)16/h5-6,10-11H,1-2,7-9H2,3-4H3. The van der Waals surface area contributed by atoms with E-state index < -0.39 is 23.6 Å². The lowest BCUT2D eigenvalue weighted by atomic mass is 9.89. The highest BCUT2D eigenvalue weighted by atomic mass is 16.7. The first-order valence-corrected chi connectivity index (χ1v) is 6.07. The predicted molar refractivity (Wildman–Crippen MR) is 67.5 cm³/mol. The van der Waals surface area contributed by atoms with Crippen molar-refractivity contribution in [2.75, 3.05) is 0 Å². The van der Waals surface area contributed by atoms with Gasteiger partial charge in [-0.3, -0.25) is 9.59 Å². The van der Waals surface area contributed by atoms with Crippen LogP contribution in [0.2, 0.25) is 0 Å². The van der Waals surface area contributed by atoms with Gasteiger partial charge in [-0.05, 0) is 25.2 Å². The van der Waals surface area contributed by atoms with Crippen molar-refractivity contribution in [2.45, 2.75) is 38.9 Å². The van der Waals surface area contributed by atoms with Crippen LogP contribution in [0.4, 0.5) is 0 Å². The van der Waals surface area contributed by atoms with Gasteiger partial charge in [0, 0.05) is 13.8 Å². The number of carbonyl (C=O) groups is 2. The van der Waals surface area contributed by atoms with Crippen molar-refractivity contribution in [3.05, 3.63) is 25.3 Å². The van der Waals surface area contributed by atoms with Gasteiger partial charge in [0.2, 0.25) is 0 Å². The van der Waals surface area contributed by atoms with Gasteiger partial charge < -0.3 is 9.47 Å². The molecule has 1 aliphatic heterocycles. The van der Waals surface area contributed by atoms with E-state index in [2.05, 4.69) is 13.2 Å². The van der Waals surface area contributed by atoms with Crippen LogP contribution in [0.25, 0.3) is 0 Å². The van der Waals surface area contributed by atoms with Crippen LogP contribution in [0, 0.1) is 11.8 Å². The average Bonchev–Trinajstić information content (AvgIpc) is 2.22. The topological polar surface area (TPSA) is 52.6 Å². The van der Waals surface area contributed by atoms with Gasteiger partial charge in [-0.1, -0.05) is 12.2 Å². The summed E-state index contributed by atoms with van der Waals surface area (Å²) in [5, 5.41) is 0. The number of cyclic esters (lactones) is 2. The lowest BCUT2D eigenvalue weighted by Crippen LogP contribution is -2.46. The molecule has 1 rings (SSSR count). The fourth-order valence-corrected chi connectivity index (χ4v) is 2.03. The van der Waals surface area contributed by atoms with Gasteiger partial charge in [-0.15, -0.1) is 13.2 Å². The van der Waals surface area contributed by atoms with Crippen LogP contribution in [-0.2, 0) is 19.1 Å². The molecule has 0 amide bonds. The number of carbonyl (C=O) groups excluding carboxylic acids is 2. The van der Waals surface area contributed by atoms with E-state index in [0.717, 1.165) is 12.8 Å². The minimum absolute atomic E-state index is 0.159. The van der Waals surface area contributed by atoms with Crippen LogP contribution in [0.1, 0.15) is 33.1 Å². The van der Waals surface area contributed by atoms with Crippen molar-refractivity contribution in [2.24, 2.45) is 11.8 Å². The number of ether oxygens (including phenoxy) is 2. The van der Waals surface area contributed by atoms with Gasteiger partial charge in [0.1, 0.15) is 0 Å². The summed E-state index contributed by atoms with van der Waals surface area (Å²) < 4.78 is 10.2. The summed E-state index contributed by atoms with van der Waals surface area (Å²) >= 11 is 0. The summed E-state index contributed by atoms with van der Waals surface area (Å²) in [7, 11) is 0. The maximum atomic E-state index is 11.8. The first-order valence-electron chi connectivity index (χ1n) is 6.07. The molecule has 4 heteroatoms. The van der Waals surface area contributed by atoms with E-state index in [0.29, 0.717) is 6.42 Å². The Morgan fingerprint density at radius 2 is 1.61 bits per heavy atom. The Morgan fingerprint density at radius 3 is 2.00 bits per heavy atom. The third-order valence-electron chi connectivity index (χ3n) is 2.83. The van der Waals surface area contributed by atoms with Crippen LogP contribution < -0.4 is 0 Å². The Morgan fingerprint density at radius 1 is 1.17 bits per heavy atom. The van der Waals surface area contributed by atoms with E-state index >= 15 is 0 Å². The minimum atomic E-state index is -1.16. The molecule has 1 aliphatic rings. The van der Waals surface area contributed by atoms with Gasteiger partial charge in [0.25, 0.3) is 5.79 Å². The summed E-state index contributed by atoms with van der Waals surface area (Å²) in [6.07, 6.45) is 5.42. The molecule has 0 saturated carbocycles. The molecule has 100 valence electrons. The quantitative estimate of drug-likeness (QED) is 0.414. The van der Waals surface area contributed by atoms with Crippen molar-refractivity contribution in [1.82, 2.24) is 0 Å². The summed E-state index contributed by atoms with van der Waals surface area (Å²) in [5.41, 5.74) is 0. The molecule has 0 aliphatic carbocycles. The molecule has 0 atom stereocenters. The number of hydrogen-bond donors (Lipinski definition) is 0. The molecule has 0 aromatic carbocycles. The van der Waals surface area contributed by atoms with Gasteiger partial charge >= 0.3 is 11.9 Å². The van der Waals surface area contributed by atoms with Crippen LogP contribution in [-0.4, -0.2) is 17.7 Å². The van der Waals surface area contributed by atoms with Crippen molar-refractivity contribution in [3.8, 4) is 0 Å². The molecular weight excluding hydrogens is 232 g/mol. The van der Waals surface area contributed by atoms with Gasteiger partial charge in [-0.25, -0.2) is 0 Å². The molecule has 0 unspecified atom stereocenters. The van der Waals surface area contributed by atoms with Crippen molar-refractivity contribution in [3.63, 3.8) is 0 Å². The number of allylic oxidation sites excluding steroid dienone is 2. The van der Waals surface area contributed by atoms with Crippen LogP contribution in [0.5, 0.6) is 0 Å². The van der Waals surface area contributed by atoms with Crippen molar-refractivity contribution >= 4 is 11.9 Å². The second-order valence-corrected chi connectivity index (χ2v) is 4.95. The zero-order chi connectivity index (χ0) is 13.8. The van der Waals surface area contributed by atoms with Gasteiger partial charge in [0.05, 0.1) is 0 Å². The minimum Gasteiger partial charge on any atom is -0.422 e. The highest BCUT2D eigenvalue weighted by Crippen LogP contribution is 2.29. The SMILES string of the molecule is C=CCC(CC=C)CC1C(=O)OC(C)(C)OC1=O.